The minimum atomic E-state index is 1.09. The summed E-state index contributed by atoms with van der Waals surface area (Å²) in [5.41, 5.74) is 2.74. The second-order valence-electron chi connectivity index (χ2n) is 6.15. The van der Waals surface area contributed by atoms with Gasteiger partial charge in [0.1, 0.15) is 0 Å². The van der Waals surface area contributed by atoms with Crippen molar-refractivity contribution < 1.29 is 0 Å². The van der Waals surface area contributed by atoms with Crippen molar-refractivity contribution in [3.8, 4) is 0 Å². The van der Waals surface area contributed by atoms with Crippen LogP contribution in [0.4, 0.5) is 5.69 Å². The lowest BCUT2D eigenvalue weighted by Gasteiger charge is -2.35. The van der Waals surface area contributed by atoms with Gasteiger partial charge in [0.2, 0.25) is 0 Å². The normalized spacial score (nSPS) is 17.6. The maximum atomic E-state index is 2.53. The van der Waals surface area contributed by atoms with Crippen LogP contribution in [0.15, 0.2) is 50.7 Å². The first kappa shape index (κ1) is 20.5. The highest BCUT2D eigenvalue weighted by molar-refractivity contribution is 8.03. The molecule has 4 heteroatoms. The monoisotopic (exact) mass is 376 g/mol. The van der Waals surface area contributed by atoms with Crippen LogP contribution in [-0.4, -0.2) is 37.3 Å². The minimum Gasteiger partial charge on any atom is -0.340 e. The molecule has 1 aliphatic heterocycles. The molecule has 0 N–H and O–H groups in total. The summed E-state index contributed by atoms with van der Waals surface area (Å²) in [5, 5.41) is 0. The lowest BCUT2D eigenvalue weighted by Crippen LogP contribution is -2.29. The number of allylic oxidation sites excluding steroid dienone is 2. The number of thioether (sulfide) groups is 2. The van der Waals surface area contributed by atoms with E-state index in [1.807, 2.05) is 23.5 Å². The van der Waals surface area contributed by atoms with E-state index in [0.29, 0.717) is 0 Å². The molecule has 1 aromatic rings. The van der Waals surface area contributed by atoms with E-state index < -0.39 is 0 Å². The maximum absolute atomic E-state index is 2.53. The fourth-order valence-electron chi connectivity index (χ4n) is 3.25. The van der Waals surface area contributed by atoms with E-state index >= 15 is 0 Å². The van der Waals surface area contributed by atoms with Crippen molar-refractivity contribution >= 4 is 29.2 Å². The molecule has 2 nitrogen and oxygen atoms in total. The van der Waals surface area contributed by atoms with Gasteiger partial charge < -0.3 is 9.80 Å². The largest absolute Gasteiger partial charge is 0.340 e. The van der Waals surface area contributed by atoms with E-state index in [0.717, 1.165) is 19.6 Å². The Labute approximate surface area is 162 Å². The van der Waals surface area contributed by atoms with Gasteiger partial charge in [-0.25, -0.2) is 0 Å². The molecule has 0 bridgehead atoms. The number of benzene rings is 1. The van der Waals surface area contributed by atoms with Gasteiger partial charge in [-0.2, -0.15) is 0 Å². The summed E-state index contributed by atoms with van der Waals surface area (Å²) in [6.45, 7) is 13.4. The topological polar surface area (TPSA) is 6.48 Å². The van der Waals surface area contributed by atoms with Crippen LogP contribution >= 0.6 is 23.5 Å². The van der Waals surface area contributed by atoms with E-state index in [1.165, 1.54) is 45.5 Å². The summed E-state index contributed by atoms with van der Waals surface area (Å²) in [5.74, 6) is 0. The average molecular weight is 377 g/mol. The highest BCUT2D eigenvalue weighted by atomic mass is 32.2. The molecule has 1 aliphatic rings. The Morgan fingerprint density at radius 3 is 2.48 bits per heavy atom. The second-order valence-corrected chi connectivity index (χ2v) is 8.11. The van der Waals surface area contributed by atoms with Crippen molar-refractivity contribution in [1.82, 2.24) is 4.90 Å². The molecule has 0 amide bonds. The van der Waals surface area contributed by atoms with Gasteiger partial charge in [0.15, 0.2) is 0 Å². The quantitative estimate of drug-likeness (QED) is 0.390. The molecule has 0 saturated heterocycles. The van der Waals surface area contributed by atoms with Gasteiger partial charge in [-0.3, -0.25) is 0 Å². The minimum absolute atomic E-state index is 1.09. The third kappa shape index (κ3) is 5.08. The summed E-state index contributed by atoms with van der Waals surface area (Å²) < 4.78 is 0. The SMILES string of the molecule is C/C=C1/Sc2ccc(SC)cc2N(CCCCN(CC)CC)/C1=C/C. The van der Waals surface area contributed by atoms with Crippen LogP contribution < -0.4 is 4.90 Å². The summed E-state index contributed by atoms with van der Waals surface area (Å²) in [7, 11) is 0. The Balaban J connectivity index is 2.18. The van der Waals surface area contributed by atoms with E-state index in [2.05, 4.69) is 74.1 Å². The lowest BCUT2D eigenvalue weighted by atomic mass is 10.2. The molecule has 0 unspecified atom stereocenters. The molecule has 1 heterocycles. The van der Waals surface area contributed by atoms with Gasteiger partial charge in [-0.05, 0) is 70.8 Å². The third-order valence-electron chi connectivity index (χ3n) is 4.76. The molecule has 0 saturated carbocycles. The van der Waals surface area contributed by atoms with Crippen LogP contribution in [0.2, 0.25) is 0 Å². The number of nitrogens with zero attached hydrogens (tertiary/aromatic N) is 2. The fourth-order valence-corrected chi connectivity index (χ4v) is 4.78. The van der Waals surface area contributed by atoms with Crippen LogP contribution in [-0.2, 0) is 0 Å². The van der Waals surface area contributed by atoms with Gasteiger partial charge >= 0.3 is 0 Å². The molecule has 1 aromatic carbocycles. The Bertz CT molecular complexity index is 618. The first-order valence-electron chi connectivity index (χ1n) is 9.37. The zero-order valence-corrected chi connectivity index (χ0v) is 18.0. The molecule has 138 valence electrons. The van der Waals surface area contributed by atoms with Crippen LogP contribution in [0.5, 0.6) is 0 Å². The Hall–Kier alpha value is -0.840. The van der Waals surface area contributed by atoms with E-state index in [-0.39, 0.29) is 0 Å². The van der Waals surface area contributed by atoms with Crippen molar-refractivity contribution in [3.63, 3.8) is 0 Å². The van der Waals surface area contributed by atoms with Crippen molar-refractivity contribution in [1.29, 1.82) is 0 Å². The summed E-state index contributed by atoms with van der Waals surface area (Å²) in [6.07, 6.45) is 9.14. The Morgan fingerprint density at radius 2 is 1.88 bits per heavy atom. The second kappa shape index (κ2) is 10.3. The molecule has 0 radical (unpaired) electrons. The van der Waals surface area contributed by atoms with Crippen LogP contribution in [0.25, 0.3) is 0 Å². The van der Waals surface area contributed by atoms with Crippen LogP contribution in [0, 0.1) is 0 Å². The molecule has 2 rings (SSSR count). The van der Waals surface area contributed by atoms with Crippen LogP contribution in [0.3, 0.4) is 0 Å². The highest BCUT2D eigenvalue weighted by Gasteiger charge is 2.25. The van der Waals surface area contributed by atoms with E-state index in [1.54, 1.807) is 0 Å². The summed E-state index contributed by atoms with van der Waals surface area (Å²) in [4.78, 5) is 9.13. The number of hydrogen-bond donors (Lipinski definition) is 0. The zero-order valence-electron chi connectivity index (χ0n) is 16.3. The highest BCUT2D eigenvalue weighted by Crippen LogP contribution is 2.47. The van der Waals surface area contributed by atoms with Crippen molar-refractivity contribution in [3.05, 3.63) is 41.0 Å². The van der Waals surface area contributed by atoms with Gasteiger partial charge in [0, 0.05) is 21.2 Å². The van der Waals surface area contributed by atoms with Gasteiger partial charge in [-0.15, -0.1) is 11.8 Å². The average Bonchev–Trinajstić information content (AvgIpc) is 2.66. The molecular formula is C21H32N2S2. The first-order chi connectivity index (χ1) is 12.2. The molecule has 0 aliphatic carbocycles. The smallest absolute Gasteiger partial charge is 0.0563 e. The number of anilines is 1. The molecular weight excluding hydrogens is 344 g/mol. The lowest BCUT2D eigenvalue weighted by molar-refractivity contribution is 0.297. The van der Waals surface area contributed by atoms with Crippen molar-refractivity contribution in [2.24, 2.45) is 0 Å². The number of fused-ring (bicyclic) bond motifs is 1. The summed E-state index contributed by atoms with van der Waals surface area (Å²) in [6, 6.07) is 6.88. The van der Waals surface area contributed by atoms with Gasteiger partial charge in [-0.1, -0.05) is 37.8 Å². The Kier molecular flexibility index (Phi) is 8.47. The predicted molar refractivity (Wildman–Crippen MR) is 116 cm³/mol. The van der Waals surface area contributed by atoms with Gasteiger partial charge in [0.05, 0.1) is 11.4 Å². The van der Waals surface area contributed by atoms with Crippen molar-refractivity contribution in [2.75, 3.05) is 37.3 Å². The predicted octanol–water partition coefficient (Wildman–Crippen LogP) is 6.25. The number of unbranched alkanes of at least 4 members (excludes halogenated alkanes) is 1. The first-order valence-corrected chi connectivity index (χ1v) is 11.4. The Morgan fingerprint density at radius 1 is 1.12 bits per heavy atom. The molecule has 0 aromatic heterocycles. The summed E-state index contributed by atoms with van der Waals surface area (Å²) >= 11 is 3.72. The van der Waals surface area contributed by atoms with E-state index in [9.17, 15) is 0 Å². The van der Waals surface area contributed by atoms with E-state index in [4.69, 9.17) is 0 Å². The standard InChI is InChI=1S/C21H32N2S2/c1-6-18-20(7-2)25-21-13-12-17(24-5)16-19(21)23(18)15-11-10-14-22(8-3)9-4/h6-7,12-13,16H,8-11,14-15H2,1-5H3/b18-6+,20-7+. The maximum Gasteiger partial charge on any atom is 0.0563 e. The zero-order chi connectivity index (χ0) is 18.2. The van der Waals surface area contributed by atoms with Gasteiger partial charge in [0.25, 0.3) is 0 Å². The molecule has 0 atom stereocenters. The molecule has 0 spiro atoms. The fraction of sp³-hybridized carbons (Fsp3) is 0.524. The third-order valence-corrected chi connectivity index (χ3v) is 6.71. The number of hydrogen-bond acceptors (Lipinski definition) is 4. The van der Waals surface area contributed by atoms with Crippen molar-refractivity contribution in [2.45, 2.75) is 50.3 Å². The van der Waals surface area contributed by atoms with Crippen LogP contribution in [0.1, 0.15) is 40.5 Å². The molecule has 25 heavy (non-hydrogen) atoms. The number of rotatable bonds is 8. The molecule has 0 fully saturated rings.